The number of carbonyl (C=O) groups excluding carboxylic acids is 1. The zero-order valence-electron chi connectivity index (χ0n) is 16.3. The molecule has 0 radical (unpaired) electrons. The summed E-state index contributed by atoms with van der Waals surface area (Å²) < 4.78 is 34.5. The van der Waals surface area contributed by atoms with Crippen molar-refractivity contribution in [3.8, 4) is 0 Å². The van der Waals surface area contributed by atoms with Crippen LogP contribution < -0.4 is 4.72 Å². The van der Waals surface area contributed by atoms with Crippen LogP contribution in [0.3, 0.4) is 0 Å². The maximum atomic E-state index is 12.5. The standard InChI is InChI=1S/C20H23N3O4S/c1-13(2)22-28(25,26)17-7-6-15(4)18(9-17)20(24)27-12-16-11-23-10-14(3)5-8-19(23)21-16/h5-11,13,22H,12H2,1-4H3. The molecule has 0 saturated carbocycles. The summed E-state index contributed by atoms with van der Waals surface area (Å²) in [6.45, 7) is 7.18. The molecule has 148 valence electrons. The number of ether oxygens (including phenoxy) is 1. The van der Waals surface area contributed by atoms with Crippen LogP contribution in [0.25, 0.3) is 5.65 Å². The van der Waals surface area contributed by atoms with Crippen LogP contribution in [-0.4, -0.2) is 29.8 Å². The lowest BCUT2D eigenvalue weighted by molar-refractivity contribution is 0.0467. The molecule has 7 nitrogen and oxygen atoms in total. The van der Waals surface area contributed by atoms with Crippen LogP contribution in [0.15, 0.2) is 47.6 Å². The van der Waals surface area contributed by atoms with E-state index in [0.29, 0.717) is 11.3 Å². The minimum Gasteiger partial charge on any atom is -0.456 e. The Bertz CT molecular complexity index is 1130. The maximum Gasteiger partial charge on any atom is 0.338 e. The van der Waals surface area contributed by atoms with Gasteiger partial charge in [-0.3, -0.25) is 0 Å². The number of esters is 1. The molecule has 0 atom stereocenters. The molecule has 0 saturated heterocycles. The highest BCUT2D eigenvalue weighted by Gasteiger charge is 2.20. The fraction of sp³-hybridized carbons (Fsp3) is 0.300. The number of sulfonamides is 1. The molecule has 0 spiro atoms. The normalized spacial score (nSPS) is 11.9. The first kappa shape index (κ1) is 20.0. The predicted octanol–water partition coefficient (Wildman–Crippen LogP) is 2.99. The number of aryl methyl sites for hydroxylation is 2. The van der Waals surface area contributed by atoms with E-state index in [1.807, 2.05) is 29.7 Å². The lowest BCUT2D eigenvalue weighted by Crippen LogP contribution is -2.30. The molecule has 0 unspecified atom stereocenters. The first-order valence-corrected chi connectivity index (χ1v) is 10.4. The molecule has 0 amide bonds. The van der Waals surface area contributed by atoms with Crippen molar-refractivity contribution in [3.63, 3.8) is 0 Å². The third-order valence-corrected chi connectivity index (χ3v) is 5.79. The first-order valence-electron chi connectivity index (χ1n) is 8.90. The number of nitrogens with zero attached hydrogens (tertiary/aromatic N) is 2. The molecule has 1 aromatic carbocycles. The van der Waals surface area contributed by atoms with Crippen LogP contribution in [0.1, 0.15) is 41.0 Å². The van der Waals surface area contributed by atoms with Gasteiger partial charge in [-0.25, -0.2) is 22.9 Å². The highest BCUT2D eigenvalue weighted by Crippen LogP contribution is 2.18. The van der Waals surface area contributed by atoms with E-state index in [2.05, 4.69) is 9.71 Å². The minimum atomic E-state index is -3.69. The van der Waals surface area contributed by atoms with E-state index in [1.165, 1.54) is 12.1 Å². The molecule has 0 aliphatic carbocycles. The van der Waals surface area contributed by atoms with Gasteiger partial charge in [-0.2, -0.15) is 0 Å². The molecule has 0 fully saturated rings. The topological polar surface area (TPSA) is 89.8 Å². The molecular weight excluding hydrogens is 378 g/mol. The van der Waals surface area contributed by atoms with E-state index in [1.54, 1.807) is 33.0 Å². The van der Waals surface area contributed by atoms with Gasteiger partial charge in [0.1, 0.15) is 12.3 Å². The monoisotopic (exact) mass is 401 g/mol. The summed E-state index contributed by atoms with van der Waals surface area (Å²) in [5.41, 5.74) is 3.32. The number of imidazole rings is 1. The molecule has 1 N–H and O–H groups in total. The van der Waals surface area contributed by atoms with Crippen LogP contribution in [0.4, 0.5) is 0 Å². The van der Waals surface area contributed by atoms with Crippen LogP contribution in [0, 0.1) is 13.8 Å². The van der Waals surface area contributed by atoms with Crippen LogP contribution in [0.5, 0.6) is 0 Å². The number of hydrogen-bond donors (Lipinski definition) is 1. The van der Waals surface area contributed by atoms with Crippen LogP contribution >= 0.6 is 0 Å². The number of aromatic nitrogens is 2. The SMILES string of the molecule is Cc1ccc2nc(COC(=O)c3cc(S(=O)(=O)NC(C)C)ccc3C)cn2c1. The summed E-state index contributed by atoms with van der Waals surface area (Å²) in [4.78, 5) is 17.0. The number of pyridine rings is 1. The van der Waals surface area contributed by atoms with Crippen molar-refractivity contribution < 1.29 is 17.9 Å². The molecule has 2 heterocycles. The number of hydrogen-bond acceptors (Lipinski definition) is 5. The van der Waals surface area contributed by atoms with Gasteiger partial charge in [0.05, 0.1) is 16.2 Å². The van der Waals surface area contributed by atoms with E-state index in [-0.39, 0.29) is 23.1 Å². The predicted molar refractivity (Wildman–Crippen MR) is 106 cm³/mol. The number of benzene rings is 1. The Kier molecular flexibility index (Phi) is 5.53. The van der Waals surface area contributed by atoms with Crippen molar-refractivity contribution in [2.45, 2.75) is 45.2 Å². The van der Waals surface area contributed by atoms with Gasteiger partial charge in [0.25, 0.3) is 0 Å². The summed E-state index contributed by atoms with van der Waals surface area (Å²) in [5, 5.41) is 0. The summed E-state index contributed by atoms with van der Waals surface area (Å²) in [6, 6.07) is 8.01. The molecule has 8 heteroatoms. The summed E-state index contributed by atoms with van der Waals surface area (Å²) in [5.74, 6) is -0.590. The summed E-state index contributed by atoms with van der Waals surface area (Å²) >= 11 is 0. The van der Waals surface area contributed by atoms with E-state index in [0.717, 1.165) is 11.2 Å². The van der Waals surface area contributed by atoms with Gasteiger partial charge >= 0.3 is 5.97 Å². The van der Waals surface area contributed by atoms with E-state index in [9.17, 15) is 13.2 Å². The molecule has 0 aliphatic rings. The van der Waals surface area contributed by atoms with Crippen molar-refractivity contribution in [1.82, 2.24) is 14.1 Å². The number of rotatable bonds is 6. The van der Waals surface area contributed by atoms with Gasteiger partial charge in [-0.1, -0.05) is 12.1 Å². The van der Waals surface area contributed by atoms with Crippen LogP contribution in [-0.2, 0) is 21.4 Å². The van der Waals surface area contributed by atoms with Crippen molar-refractivity contribution >= 4 is 21.6 Å². The Morgan fingerprint density at radius 2 is 1.93 bits per heavy atom. The Morgan fingerprint density at radius 3 is 2.64 bits per heavy atom. The Balaban J connectivity index is 1.78. The van der Waals surface area contributed by atoms with E-state index >= 15 is 0 Å². The number of carbonyl (C=O) groups is 1. The highest BCUT2D eigenvalue weighted by atomic mass is 32.2. The Labute approximate surface area is 164 Å². The van der Waals surface area contributed by atoms with Gasteiger partial charge in [0.15, 0.2) is 0 Å². The van der Waals surface area contributed by atoms with E-state index < -0.39 is 16.0 Å². The molecule has 3 aromatic rings. The second-order valence-corrected chi connectivity index (χ2v) is 8.75. The molecule has 0 bridgehead atoms. The Hall–Kier alpha value is -2.71. The Morgan fingerprint density at radius 1 is 1.18 bits per heavy atom. The second kappa shape index (κ2) is 7.73. The van der Waals surface area contributed by atoms with Gasteiger partial charge in [0, 0.05) is 18.4 Å². The average molecular weight is 401 g/mol. The zero-order chi connectivity index (χ0) is 20.5. The summed E-state index contributed by atoms with van der Waals surface area (Å²) in [7, 11) is -3.69. The zero-order valence-corrected chi connectivity index (χ0v) is 17.1. The molecular formula is C20H23N3O4S. The minimum absolute atomic E-state index is 0.000221. The molecule has 28 heavy (non-hydrogen) atoms. The lowest BCUT2D eigenvalue weighted by Gasteiger charge is -2.12. The summed E-state index contributed by atoms with van der Waals surface area (Å²) in [6.07, 6.45) is 3.74. The van der Waals surface area contributed by atoms with Crippen molar-refractivity contribution in [2.24, 2.45) is 0 Å². The smallest absolute Gasteiger partial charge is 0.338 e. The number of fused-ring (bicyclic) bond motifs is 1. The second-order valence-electron chi connectivity index (χ2n) is 7.03. The molecule has 3 rings (SSSR count). The molecule has 2 aromatic heterocycles. The third kappa shape index (κ3) is 4.40. The van der Waals surface area contributed by atoms with Gasteiger partial charge in [-0.15, -0.1) is 0 Å². The van der Waals surface area contributed by atoms with Crippen molar-refractivity contribution in [1.29, 1.82) is 0 Å². The number of nitrogens with one attached hydrogen (secondary N) is 1. The quantitative estimate of drug-likeness (QED) is 0.642. The van der Waals surface area contributed by atoms with Gasteiger partial charge < -0.3 is 9.14 Å². The largest absolute Gasteiger partial charge is 0.456 e. The van der Waals surface area contributed by atoms with Crippen molar-refractivity contribution in [2.75, 3.05) is 0 Å². The fourth-order valence-electron chi connectivity index (χ4n) is 2.81. The van der Waals surface area contributed by atoms with Crippen molar-refractivity contribution in [3.05, 3.63) is 65.1 Å². The maximum absolute atomic E-state index is 12.5. The van der Waals surface area contributed by atoms with Crippen LogP contribution in [0.2, 0.25) is 0 Å². The van der Waals surface area contributed by atoms with Gasteiger partial charge in [-0.05, 0) is 57.0 Å². The van der Waals surface area contributed by atoms with Gasteiger partial charge in [0.2, 0.25) is 10.0 Å². The average Bonchev–Trinajstić information content (AvgIpc) is 3.00. The lowest BCUT2D eigenvalue weighted by atomic mass is 10.1. The highest BCUT2D eigenvalue weighted by molar-refractivity contribution is 7.89. The fourth-order valence-corrected chi connectivity index (χ4v) is 4.09. The first-order chi connectivity index (χ1) is 13.2. The molecule has 0 aliphatic heterocycles. The van der Waals surface area contributed by atoms with E-state index in [4.69, 9.17) is 4.74 Å². The third-order valence-electron chi connectivity index (χ3n) is 4.13.